The predicted molar refractivity (Wildman–Crippen MR) is 89.2 cm³/mol. The topological polar surface area (TPSA) is 46.2 Å². The van der Waals surface area contributed by atoms with Crippen molar-refractivity contribution in [2.24, 2.45) is 23.2 Å². The highest BCUT2D eigenvalue weighted by Gasteiger charge is 2.29. The highest BCUT2D eigenvalue weighted by molar-refractivity contribution is 7.91. The van der Waals surface area contributed by atoms with Crippen LogP contribution in [0, 0.1) is 23.2 Å². The van der Waals surface area contributed by atoms with Crippen LogP contribution in [0.3, 0.4) is 0 Å². The van der Waals surface area contributed by atoms with Crippen LogP contribution in [-0.2, 0) is 9.84 Å². The summed E-state index contributed by atoms with van der Waals surface area (Å²) in [5.74, 6) is 3.08. The van der Waals surface area contributed by atoms with Gasteiger partial charge in [-0.05, 0) is 74.8 Å². The van der Waals surface area contributed by atoms with Crippen molar-refractivity contribution in [1.29, 1.82) is 0 Å². The summed E-state index contributed by atoms with van der Waals surface area (Å²) in [6, 6.07) is 0. The Balaban J connectivity index is 1.60. The Morgan fingerprint density at radius 1 is 0.857 bits per heavy atom. The van der Waals surface area contributed by atoms with Gasteiger partial charge in [0.2, 0.25) is 0 Å². The zero-order valence-electron chi connectivity index (χ0n) is 14.0. The Morgan fingerprint density at radius 3 is 1.81 bits per heavy atom. The maximum atomic E-state index is 11.4. The molecule has 0 atom stereocenters. The summed E-state index contributed by atoms with van der Waals surface area (Å²) < 4.78 is 22.8. The highest BCUT2D eigenvalue weighted by atomic mass is 32.2. The molecule has 1 saturated heterocycles. The van der Waals surface area contributed by atoms with Crippen molar-refractivity contribution in [3.05, 3.63) is 0 Å². The fraction of sp³-hybridized carbons (Fsp3) is 1.00. The zero-order valence-corrected chi connectivity index (χ0v) is 14.8. The lowest BCUT2D eigenvalue weighted by atomic mass is 9.70. The van der Waals surface area contributed by atoms with Crippen LogP contribution < -0.4 is 5.32 Å². The molecule has 124 valence electrons. The summed E-state index contributed by atoms with van der Waals surface area (Å²) in [6.07, 6.45) is 7.16. The molecule has 2 rings (SSSR count). The van der Waals surface area contributed by atoms with Gasteiger partial charge in [-0.3, -0.25) is 0 Å². The van der Waals surface area contributed by atoms with Gasteiger partial charge in [-0.2, -0.15) is 0 Å². The van der Waals surface area contributed by atoms with E-state index in [1.54, 1.807) is 0 Å². The second kappa shape index (κ2) is 6.99. The summed E-state index contributed by atoms with van der Waals surface area (Å²) in [5.41, 5.74) is 0.464. The molecule has 0 aromatic carbocycles. The van der Waals surface area contributed by atoms with Crippen molar-refractivity contribution in [3.8, 4) is 0 Å². The van der Waals surface area contributed by atoms with Crippen molar-refractivity contribution in [2.75, 3.05) is 24.6 Å². The third kappa shape index (κ3) is 5.55. The molecule has 1 heterocycles. The summed E-state index contributed by atoms with van der Waals surface area (Å²) >= 11 is 0. The van der Waals surface area contributed by atoms with Crippen LogP contribution in [0.1, 0.15) is 59.3 Å². The minimum absolute atomic E-state index is 0.399. The Kier molecular flexibility index (Phi) is 5.75. The van der Waals surface area contributed by atoms with Crippen molar-refractivity contribution < 1.29 is 8.42 Å². The molecule has 1 N–H and O–H groups in total. The third-order valence-corrected chi connectivity index (χ3v) is 7.33. The molecule has 21 heavy (non-hydrogen) atoms. The van der Waals surface area contributed by atoms with Crippen LogP contribution in [0.5, 0.6) is 0 Å². The van der Waals surface area contributed by atoms with Crippen LogP contribution in [0.4, 0.5) is 0 Å². The standard InChI is InChI=1S/C17H33NO2S/c1-17(2,3)16-6-4-14(5-7-16)12-18-13-15-8-10-21(19,20)11-9-15/h14-16,18H,4-13H2,1-3H3. The molecule has 0 aromatic heterocycles. The normalized spacial score (nSPS) is 31.2. The highest BCUT2D eigenvalue weighted by Crippen LogP contribution is 2.39. The third-order valence-electron chi connectivity index (χ3n) is 5.61. The first-order chi connectivity index (χ1) is 9.76. The van der Waals surface area contributed by atoms with Crippen LogP contribution in [0.25, 0.3) is 0 Å². The van der Waals surface area contributed by atoms with Gasteiger partial charge < -0.3 is 5.32 Å². The zero-order chi connectivity index (χ0) is 15.5. The number of hydrogen-bond donors (Lipinski definition) is 1. The summed E-state index contributed by atoms with van der Waals surface area (Å²) in [7, 11) is -2.71. The Labute approximate surface area is 131 Å². The maximum absolute atomic E-state index is 11.4. The van der Waals surface area contributed by atoms with Gasteiger partial charge in [0, 0.05) is 0 Å². The van der Waals surface area contributed by atoms with Gasteiger partial charge in [-0.1, -0.05) is 20.8 Å². The van der Waals surface area contributed by atoms with Gasteiger partial charge >= 0.3 is 0 Å². The Morgan fingerprint density at radius 2 is 1.33 bits per heavy atom. The fourth-order valence-electron chi connectivity index (χ4n) is 3.87. The lowest BCUT2D eigenvalue weighted by Crippen LogP contribution is -2.35. The second-order valence-corrected chi connectivity index (χ2v) is 10.6. The molecular formula is C17H33NO2S. The minimum Gasteiger partial charge on any atom is -0.316 e. The fourth-order valence-corrected chi connectivity index (χ4v) is 5.46. The maximum Gasteiger partial charge on any atom is 0.150 e. The van der Waals surface area contributed by atoms with E-state index in [1.165, 1.54) is 25.7 Å². The SMILES string of the molecule is CC(C)(C)C1CCC(CNCC2CCS(=O)(=O)CC2)CC1. The average Bonchev–Trinajstić information content (AvgIpc) is 2.40. The molecule has 1 aliphatic heterocycles. The van der Waals surface area contributed by atoms with Crippen molar-refractivity contribution in [2.45, 2.75) is 59.3 Å². The Hall–Kier alpha value is -0.0900. The van der Waals surface area contributed by atoms with Gasteiger partial charge in [0.15, 0.2) is 0 Å². The molecule has 2 aliphatic rings. The first-order valence-electron chi connectivity index (χ1n) is 8.67. The van der Waals surface area contributed by atoms with Gasteiger partial charge in [-0.15, -0.1) is 0 Å². The quantitative estimate of drug-likeness (QED) is 0.866. The average molecular weight is 316 g/mol. The molecule has 1 saturated carbocycles. The monoisotopic (exact) mass is 315 g/mol. The van der Waals surface area contributed by atoms with E-state index < -0.39 is 9.84 Å². The number of nitrogens with one attached hydrogen (secondary N) is 1. The van der Waals surface area contributed by atoms with E-state index >= 15 is 0 Å². The molecule has 0 spiro atoms. The van der Waals surface area contributed by atoms with Crippen molar-refractivity contribution in [3.63, 3.8) is 0 Å². The van der Waals surface area contributed by atoms with Crippen molar-refractivity contribution >= 4 is 9.84 Å². The van der Waals surface area contributed by atoms with E-state index in [2.05, 4.69) is 26.1 Å². The van der Waals surface area contributed by atoms with E-state index in [0.29, 0.717) is 22.8 Å². The van der Waals surface area contributed by atoms with E-state index in [9.17, 15) is 8.42 Å². The first-order valence-corrected chi connectivity index (χ1v) is 10.5. The van der Waals surface area contributed by atoms with Crippen molar-refractivity contribution in [1.82, 2.24) is 5.32 Å². The lowest BCUT2D eigenvalue weighted by molar-refractivity contribution is 0.148. The van der Waals surface area contributed by atoms with E-state index in [0.717, 1.165) is 37.8 Å². The number of rotatable bonds is 4. The van der Waals surface area contributed by atoms with E-state index in [1.807, 2.05) is 0 Å². The van der Waals surface area contributed by atoms with E-state index in [-0.39, 0.29) is 0 Å². The summed E-state index contributed by atoms with van der Waals surface area (Å²) in [4.78, 5) is 0. The summed E-state index contributed by atoms with van der Waals surface area (Å²) in [5, 5.41) is 3.61. The lowest BCUT2D eigenvalue weighted by Gasteiger charge is -2.37. The first kappa shape index (κ1) is 17.3. The molecule has 0 amide bonds. The Bertz CT molecular complexity index is 403. The predicted octanol–water partition coefficient (Wildman–Crippen LogP) is 3.25. The molecule has 1 aliphatic carbocycles. The number of hydrogen-bond acceptors (Lipinski definition) is 3. The van der Waals surface area contributed by atoms with Crippen LogP contribution in [-0.4, -0.2) is 33.0 Å². The largest absolute Gasteiger partial charge is 0.316 e. The smallest absolute Gasteiger partial charge is 0.150 e. The van der Waals surface area contributed by atoms with Gasteiger partial charge in [-0.25, -0.2) is 8.42 Å². The molecule has 0 unspecified atom stereocenters. The van der Waals surface area contributed by atoms with Crippen LogP contribution in [0.15, 0.2) is 0 Å². The second-order valence-electron chi connectivity index (χ2n) is 8.34. The summed E-state index contributed by atoms with van der Waals surface area (Å²) in [6.45, 7) is 9.24. The van der Waals surface area contributed by atoms with Gasteiger partial charge in [0.1, 0.15) is 9.84 Å². The molecule has 4 heteroatoms. The van der Waals surface area contributed by atoms with E-state index in [4.69, 9.17) is 0 Å². The molecule has 2 fully saturated rings. The minimum atomic E-state index is -2.71. The molecular weight excluding hydrogens is 282 g/mol. The van der Waals surface area contributed by atoms with Gasteiger partial charge in [0.25, 0.3) is 0 Å². The molecule has 0 radical (unpaired) electrons. The van der Waals surface area contributed by atoms with Gasteiger partial charge in [0.05, 0.1) is 11.5 Å². The number of sulfone groups is 1. The molecule has 0 bridgehead atoms. The molecule has 0 aromatic rings. The van der Waals surface area contributed by atoms with Crippen LogP contribution >= 0.6 is 0 Å². The van der Waals surface area contributed by atoms with Crippen LogP contribution in [0.2, 0.25) is 0 Å². The molecule has 3 nitrogen and oxygen atoms in total.